The van der Waals surface area contributed by atoms with Crippen LogP contribution < -0.4 is 20.5 Å². The number of rotatable bonds is 11. The summed E-state index contributed by atoms with van der Waals surface area (Å²) in [6.45, 7) is 4.59. The van der Waals surface area contributed by atoms with Crippen LogP contribution >= 0.6 is 0 Å². The van der Waals surface area contributed by atoms with E-state index in [1.54, 1.807) is 12.1 Å². The Morgan fingerprint density at radius 1 is 0.711 bits per heavy atom. The van der Waals surface area contributed by atoms with Gasteiger partial charge in [0, 0.05) is 12.0 Å². The van der Waals surface area contributed by atoms with Crippen LogP contribution in [-0.2, 0) is 24.4 Å². The molecule has 1 atom stereocenters. The highest BCUT2D eigenvalue weighted by atomic mass is 16.5. The van der Waals surface area contributed by atoms with Gasteiger partial charge in [-0.1, -0.05) is 83.9 Å². The standard InChI is InChI=1S/C32H32N2O4/c1-22-15-23(2)17-27(16-22)32(36)34-28(31(33)35)18-26-13-14-29(37-20-24-9-5-3-6-10-24)30(19-26)38-21-25-11-7-4-8-12-25/h3-17,19,28H,18,20-21H2,1-2H3,(H2,33,35)(H,34,36)/t28-/m1/s1. The molecule has 0 aliphatic rings. The van der Waals surface area contributed by atoms with Crippen molar-refractivity contribution < 1.29 is 19.1 Å². The molecule has 3 N–H and O–H groups in total. The molecule has 0 spiro atoms. The fraction of sp³-hybridized carbons (Fsp3) is 0.188. The van der Waals surface area contributed by atoms with Crippen LogP contribution in [0.5, 0.6) is 11.5 Å². The first-order valence-corrected chi connectivity index (χ1v) is 12.5. The number of hydrogen-bond acceptors (Lipinski definition) is 4. The van der Waals surface area contributed by atoms with Crippen molar-refractivity contribution in [1.29, 1.82) is 0 Å². The number of amides is 2. The highest BCUT2D eigenvalue weighted by molar-refractivity contribution is 5.97. The Bertz CT molecular complexity index is 1370. The van der Waals surface area contributed by atoms with Gasteiger partial charge in [0.05, 0.1) is 0 Å². The van der Waals surface area contributed by atoms with Gasteiger partial charge >= 0.3 is 0 Å². The fourth-order valence-corrected chi connectivity index (χ4v) is 4.19. The smallest absolute Gasteiger partial charge is 0.251 e. The Morgan fingerprint density at radius 3 is 1.82 bits per heavy atom. The van der Waals surface area contributed by atoms with Crippen LogP contribution in [0.1, 0.15) is 38.2 Å². The zero-order valence-electron chi connectivity index (χ0n) is 21.6. The van der Waals surface area contributed by atoms with Crippen LogP contribution in [-0.4, -0.2) is 17.9 Å². The van der Waals surface area contributed by atoms with Crippen molar-refractivity contribution in [2.45, 2.75) is 39.5 Å². The number of aryl methyl sites for hydroxylation is 2. The molecule has 0 aliphatic heterocycles. The summed E-state index contributed by atoms with van der Waals surface area (Å²) >= 11 is 0. The Labute approximate surface area is 223 Å². The summed E-state index contributed by atoms with van der Waals surface area (Å²) in [4.78, 5) is 25.2. The second kappa shape index (κ2) is 12.6. The lowest BCUT2D eigenvalue weighted by atomic mass is 10.0. The monoisotopic (exact) mass is 508 g/mol. The molecule has 0 fully saturated rings. The lowest BCUT2D eigenvalue weighted by molar-refractivity contribution is -0.119. The van der Waals surface area contributed by atoms with E-state index in [2.05, 4.69) is 5.32 Å². The van der Waals surface area contributed by atoms with Gasteiger partial charge in [0.2, 0.25) is 5.91 Å². The predicted molar refractivity (Wildman–Crippen MR) is 148 cm³/mol. The maximum absolute atomic E-state index is 12.9. The highest BCUT2D eigenvalue weighted by Crippen LogP contribution is 2.30. The van der Waals surface area contributed by atoms with Gasteiger partial charge in [-0.2, -0.15) is 0 Å². The third-order valence-corrected chi connectivity index (χ3v) is 6.05. The van der Waals surface area contributed by atoms with Gasteiger partial charge in [0.1, 0.15) is 19.3 Å². The van der Waals surface area contributed by atoms with Crippen LogP contribution in [0.25, 0.3) is 0 Å². The zero-order chi connectivity index (χ0) is 26.9. The molecule has 0 radical (unpaired) electrons. The molecule has 194 valence electrons. The van der Waals surface area contributed by atoms with Gasteiger partial charge in [-0.3, -0.25) is 9.59 Å². The van der Waals surface area contributed by atoms with E-state index in [4.69, 9.17) is 15.2 Å². The number of primary amides is 1. The molecule has 4 aromatic rings. The number of hydrogen-bond donors (Lipinski definition) is 2. The summed E-state index contributed by atoms with van der Waals surface area (Å²) in [6.07, 6.45) is 0.215. The molecule has 0 unspecified atom stereocenters. The topological polar surface area (TPSA) is 90.7 Å². The molecule has 0 aromatic heterocycles. The van der Waals surface area contributed by atoms with Crippen molar-refractivity contribution in [2.75, 3.05) is 0 Å². The largest absolute Gasteiger partial charge is 0.485 e. The quantitative estimate of drug-likeness (QED) is 0.288. The summed E-state index contributed by atoms with van der Waals surface area (Å²) in [5, 5.41) is 2.79. The maximum atomic E-state index is 12.9. The van der Waals surface area contributed by atoms with Crippen LogP contribution in [0.3, 0.4) is 0 Å². The second-order valence-electron chi connectivity index (χ2n) is 9.34. The summed E-state index contributed by atoms with van der Waals surface area (Å²) in [7, 11) is 0. The van der Waals surface area contributed by atoms with E-state index in [-0.39, 0.29) is 12.3 Å². The number of carbonyl (C=O) groups is 2. The molecule has 2 amide bonds. The molecule has 6 nitrogen and oxygen atoms in total. The molecular formula is C32H32N2O4. The number of nitrogens with two attached hydrogens (primary N) is 1. The van der Waals surface area contributed by atoms with Crippen LogP contribution in [0.4, 0.5) is 0 Å². The molecule has 0 saturated carbocycles. The Balaban J connectivity index is 1.52. The Morgan fingerprint density at radius 2 is 1.26 bits per heavy atom. The van der Waals surface area contributed by atoms with Crippen molar-refractivity contribution in [3.05, 3.63) is 130 Å². The molecule has 4 aromatic carbocycles. The van der Waals surface area contributed by atoms with Crippen molar-refractivity contribution in [3.63, 3.8) is 0 Å². The second-order valence-corrected chi connectivity index (χ2v) is 9.34. The third kappa shape index (κ3) is 7.46. The van der Waals surface area contributed by atoms with E-state index in [1.165, 1.54) is 0 Å². The first-order valence-electron chi connectivity index (χ1n) is 12.5. The van der Waals surface area contributed by atoms with Gasteiger partial charge in [-0.15, -0.1) is 0 Å². The normalized spacial score (nSPS) is 11.4. The number of nitrogens with one attached hydrogen (secondary N) is 1. The first kappa shape index (κ1) is 26.5. The molecular weight excluding hydrogens is 476 g/mol. The minimum atomic E-state index is -0.888. The lowest BCUT2D eigenvalue weighted by Crippen LogP contribution is -2.45. The molecule has 0 saturated heterocycles. The van der Waals surface area contributed by atoms with E-state index >= 15 is 0 Å². The number of benzene rings is 4. The van der Waals surface area contributed by atoms with Crippen molar-refractivity contribution in [2.24, 2.45) is 5.73 Å². The molecule has 4 rings (SSSR count). The van der Waals surface area contributed by atoms with Gasteiger partial charge < -0.3 is 20.5 Å². The molecule has 6 heteroatoms. The van der Waals surface area contributed by atoms with E-state index in [0.717, 1.165) is 27.8 Å². The molecule has 0 heterocycles. The highest BCUT2D eigenvalue weighted by Gasteiger charge is 2.21. The number of ether oxygens (including phenoxy) is 2. The van der Waals surface area contributed by atoms with E-state index in [0.29, 0.717) is 30.3 Å². The molecule has 0 bridgehead atoms. The summed E-state index contributed by atoms with van der Waals surface area (Å²) in [5.74, 6) is 0.178. The van der Waals surface area contributed by atoms with Crippen molar-refractivity contribution in [1.82, 2.24) is 5.32 Å². The van der Waals surface area contributed by atoms with E-state index in [9.17, 15) is 9.59 Å². The Kier molecular flexibility index (Phi) is 8.77. The fourth-order valence-electron chi connectivity index (χ4n) is 4.19. The Hall–Kier alpha value is -4.58. The van der Waals surface area contributed by atoms with E-state index < -0.39 is 11.9 Å². The zero-order valence-corrected chi connectivity index (χ0v) is 21.6. The van der Waals surface area contributed by atoms with Gasteiger partial charge in [0.25, 0.3) is 5.91 Å². The SMILES string of the molecule is Cc1cc(C)cc(C(=O)N[C@H](Cc2ccc(OCc3ccccc3)c(OCc3ccccc3)c2)C(N)=O)c1. The van der Waals surface area contributed by atoms with Gasteiger partial charge in [0.15, 0.2) is 11.5 Å². The first-order chi connectivity index (χ1) is 18.4. The van der Waals surface area contributed by atoms with Crippen LogP contribution in [0.2, 0.25) is 0 Å². The van der Waals surface area contributed by atoms with Crippen LogP contribution in [0.15, 0.2) is 97.1 Å². The predicted octanol–water partition coefficient (Wildman–Crippen LogP) is 5.29. The minimum absolute atomic E-state index is 0.215. The van der Waals surface area contributed by atoms with Gasteiger partial charge in [-0.05, 0) is 54.8 Å². The van der Waals surface area contributed by atoms with Crippen molar-refractivity contribution >= 4 is 11.8 Å². The van der Waals surface area contributed by atoms with Crippen LogP contribution in [0, 0.1) is 13.8 Å². The number of carbonyl (C=O) groups excluding carboxylic acids is 2. The summed E-state index contributed by atoms with van der Waals surface area (Å²) in [6, 6.07) is 29.9. The van der Waals surface area contributed by atoms with E-state index in [1.807, 2.05) is 98.8 Å². The molecule has 38 heavy (non-hydrogen) atoms. The van der Waals surface area contributed by atoms with Gasteiger partial charge in [-0.25, -0.2) is 0 Å². The summed E-state index contributed by atoms with van der Waals surface area (Å²) in [5.41, 5.74) is 10.9. The average molecular weight is 509 g/mol. The maximum Gasteiger partial charge on any atom is 0.251 e. The minimum Gasteiger partial charge on any atom is -0.485 e. The molecule has 0 aliphatic carbocycles. The third-order valence-electron chi connectivity index (χ3n) is 6.05. The van der Waals surface area contributed by atoms with Crippen molar-refractivity contribution in [3.8, 4) is 11.5 Å². The summed E-state index contributed by atoms with van der Waals surface area (Å²) < 4.78 is 12.2. The average Bonchev–Trinajstić information content (AvgIpc) is 2.91. The lowest BCUT2D eigenvalue weighted by Gasteiger charge is -2.18.